The van der Waals surface area contributed by atoms with Crippen LogP contribution in [0.25, 0.3) is 75.2 Å². The van der Waals surface area contributed by atoms with Gasteiger partial charge in [-0.3, -0.25) is 0 Å². The molecule has 4 nitrogen and oxygen atoms in total. The summed E-state index contributed by atoms with van der Waals surface area (Å²) in [6, 6.07) is 38.8. The standard InChI is InChI=1S/C39H26N4S2/c1-39(2)31-17-25(27-19-33-35(40-21-27)42-37(44-33)23-9-5-3-6-10-23)13-15-29(31)30-16-14-26(18-32(30)39)28-20-34-36(41-22-28)43-38(45-34)24-11-7-4-8-12-24/h3-22H,1-2H3. The number of pyridine rings is 2. The lowest BCUT2D eigenvalue weighted by Gasteiger charge is -2.22. The van der Waals surface area contributed by atoms with E-state index in [9.17, 15) is 0 Å². The predicted molar refractivity (Wildman–Crippen MR) is 188 cm³/mol. The van der Waals surface area contributed by atoms with Crippen molar-refractivity contribution >= 4 is 43.4 Å². The highest BCUT2D eigenvalue weighted by molar-refractivity contribution is 7.22. The zero-order chi connectivity index (χ0) is 30.1. The van der Waals surface area contributed by atoms with E-state index in [-0.39, 0.29) is 5.41 Å². The van der Waals surface area contributed by atoms with Crippen molar-refractivity contribution in [3.63, 3.8) is 0 Å². The third-order valence-electron chi connectivity index (χ3n) is 8.88. The number of hydrogen-bond acceptors (Lipinski definition) is 6. The van der Waals surface area contributed by atoms with Gasteiger partial charge in [0.15, 0.2) is 11.3 Å². The van der Waals surface area contributed by atoms with Gasteiger partial charge in [-0.1, -0.05) is 98.8 Å². The maximum atomic E-state index is 4.79. The summed E-state index contributed by atoms with van der Waals surface area (Å²) >= 11 is 3.39. The minimum absolute atomic E-state index is 0.151. The molecule has 0 saturated heterocycles. The van der Waals surface area contributed by atoms with Crippen LogP contribution >= 0.6 is 22.7 Å². The zero-order valence-corrected chi connectivity index (χ0v) is 26.3. The molecule has 0 spiro atoms. The van der Waals surface area contributed by atoms with Crippen LogP contribution in [-0.4, -0.2) is 19.9 Å². The third kappa shape index (κ3) is 4.32. The van der Waals surface area contributed by atoms with Crippen LogP contribution in [0.3, 0.4) is 0 Å². The molecular weight excluding hydrogens is 589 g/mol. The molecule has 0 bridgehead atoms. The van der Waals surface area contributed by atoms with Crippen LogP contribution < -0.4 is 0 Å². The van der Waals surface area contributed by atoms with Crippen LogP contribution in [0.5, 0.6) is 0 Å². The van der Waals surface area contributed by atoms with Gasteiger partial charge >= 0.3 is 0 Å². The first-order valence-corrected chi connectivity index (χ1v) is 16.6. The second-order valence-electron chi connectivity index (χ2n) is 12.0. The van der Waals surface area contributed by atoms with E-state index in [1.54, 1.807) is 22.7 Å². The fourth-order valence-electron chi connectivity index (χ4n) is 6.46. The summed E-state index contributed by atoms with van der Waals surface area (Å²) in [5.41, 5.74) is 13.5. The molecule has 4 heterocycles. The van der Waals surface area contributed by atoms with E-state index in [2.05, 4.69) is 86.6 Å². The smallest absolute Gasteiger partial charge is 0.170 e. The van der Waals surface area contributed by atoms with Gasteiger partial charge in [-0.05, 0) is 57.6 Å². The third-order valence-corrected chi connectivity index (χ3v) is 11.0. The van der Waals surface area contributed by atoms with Crippen molar-refractivity contribution in [1.29, 1.82) is 0 Å². The summed E-state index contributed by atoms with van der Waals surface area (Å²) in [5.74, 6) is 0. The fourth-order valence-corrected chi connectivity index (χ4v) is 8.40. The molecule has 0 N–H and O–H groups in total. The normalized spacial score (nSPS) is 13.3. The van der Waals surface area contributed by atoms with Crippen molar-refractivity contribution in [1.82, 2.24) is 19.9 Å². The summed E-state index contributed by atoms with van der Waals surface area (Å²) < 4.78 is 2.20. The highest BCUT2D eigenvalue weighted by Gasteiger charge is 2.36. The average molecular weight is 615 g/mol. The quantitative estimate of drug-likeness (QED) is 0.198. The van der Waals surface area contributed by atoms with E-state index in [1.807, 2.05) is 48.8 Å². The Morgan fingerprint density at radius 2 is 0.911 bits per heavy atom. The van der Waals surface area contributed by atoms with Gasteiger partial charge in [-0.15, -0.1) is 22.7 Å². The van der Waals surface area contributed by atoms with Gasteiger partial charge in [-0.25, -0.2) is 19.9 Å². The first kappa shape index (κ1) is 26.4. The summed E-state index contributed by atoms with van der Waals surface area (Å²) in [7, 11) is 0. The molecule has 0 radical (unpaired) electrons. The molecule has 214 valence electrons. The molecule has 9 rings (SSSR count). The summed E-state index contributed by atoms with van der Waals surface area (Å²) in [6.45, 7) is 4.66. The predicted octanol–water partition coefficient (Wildman–Crippen LogP) is 10.7. The van der Waals surface area contributed by atoms with E-state index in [0.29, 0.717) is 0 Å². The summed E-state index contributed by atoms with van der Waals surface area (Å²) in [4.78, 5) is 19.1. The number of hydrogen-bond donors (Lipinski definition) is 0. The average Bonchev–Trinajstić information content (AvgIpc) is 3.77. The molecule has 1 aliphatic carbocycles. The van der Waals surface area contributed by atoms with E-state index >= 15 is 0 Å². The maximum absolute atomic E-state index is 4.79. The lowest BCUT2D eigenvalue weighted by Crippen LogP contribution is -2.15. The topological polar surface area (TPSA) is 51.6 Å². The Hall–Kier alpha value is -5.04. The van der Waals surface area contributed by atoms with Crippen LogP contribution in [0.4, 0.5) is 0 Å². The van der Waals surface area contributed by atoms with Gasteiger partial charge in [0.05, 0.1) is 9.40 Å². The Labute approximate surface area is 268 Å². The van der Waals surface area contributed by atoms with Crippen LogP contribution in [-0.2, 0) is 5.41 Å². The van der Waals surface area contributed by atoms with Gasteiger partial charge < -0.3 is 0 Å². The molecule has 0 fully saturated rings. The van der Waals surface area contributed by atoms with Crippen molar-refractivity contribution in [3.8, 4) is 54.5 Å². The maximum Gasteiger partial charge on any atom is 0.170 e. The van der Waals surface area contributed by atoms with E-state index in [0.717, 1.165) is 53.0 Å². The minimum Gasteiger partial charge on any atom is -0.235 e. The highest BCUT2D eigenvalue weighted by atomic mass is 32.1. The van der Waals surface area contributed by atoms with Gasteiger partial charge in [0.1, 0.15) is 10.0 Å². The Morgan fingerprint density at radius 3 is 1.36 bits per heavy atom. The number of benzene rings is 4. The Morgan fingerprint density at radius 1 is 0.467 bits per heavy atom. The Bertz CT molecular complexity index is 2240. The van der Waals surface area contributed by atoms with Crippen LogP contribution in [0, 0.1) is 0 Å². The van der Waals surface area contributed by atoms with Crippen molar-refractivity contribution in [2.75, 3.05) is 0 Å². The molecule has 8 aromatic rings. The molecule has 1 aliphatic rings. The number of rotatable bonds is 4. The minimum atomic E-state index is -0.151. The SMILES string of the molecule is CC1(C)c2cc(-c3cnc4nc(-c5ccccc5)sc4c3)ccc2-c2ccc(-c3cnc4nc(-c5ccccc5)sc4c3)cc21. The summed E-state index contributed by atoms with van der Waals surface area (Å²) in [6.07, 6.45) is 3.91. The molecule has 6 heteroatoms. The second kappa shape index (κ2) is 9.99. The monoisotopic (exact) mass is 614 g/mol. The van der Waals surface area contributed by atoms with Gasteiger partial charge in [0.25, 0.3) is 0 Å². The number of aromatic nitrogens is 4. The largest absolute Gasteiger partial charge is 0.235 e. The molecular formula is C39H26N4S2. The van der Waals surface area contributed by atoms with Crippen molar-refractivity contribution < 1.29 is 0 Å². The van der Waals surface area contributed by atoms with E-state index in [4.69, 9.17) is 19.9 Å². The molecule has 4 aromatic heterocycles. The number of fused-ring (bicyclic) bond motifs is 5. The van der Waals surface area contributed by atoms with Crippen molar-refractivity contribution in [2.45, 2.75) is 19.3 Å². The van der Waals surface area contributed by atoms with Gasteiger partial charge in [0.2, 0.25) is 0 Å². The summed E-state index contributed by atoms with van der Waals surface area (Å²) in [5, 5.41) is 2.00. The first-order valence-electron chi connectivity index (χ1n) is 15.0. The molecule has 0 atom stereocenters. The first-order chi connectivity index (χ1) is 22.0. The van der Waals surface area contributed by atoms with Crippen LogP contribution in [0.2, 0.25) is 0 Å². The fraction of sp³-hybridized carbons (Fsp3) is 0.0769. The molecule has 4 aromatic carbocycles. The highest BCUT2D eigenvalue weighted by Crippen LogP contribution is 2.51. The molecule has 0 amide bonds. The van der Waals surface area contributed by atoms with Gasteiger partial charge in [0, 0.05) is 40.1 Å². The van der Waals surface area contributed by atoms with Crippen molar-refractivity contribution in [2.24, 2.45) is 0 Å². The zero-order valence-electron chi connectivity index (χ0n) is 24.7. The van der Waals surface area contributed by atoms with Crippen LogP contribution in [0.15, 0.2) is 122 Å². The number of nitrogens with zero attached hydrogens (tertiary/aromatic N) is 4. The Balaban J connectivity index is 1.06. The van der Waals surface area contributed by atoms with Crippen LogP contribution in [0.1, 0.15) is 25.0 Å². The molecule has 0 saturated carbocycles. The molecule has 0 unspecified atom stereocenters. The van der Waals surface area contributed by atoms with Crippen molar-refractivity contribution in [3.05, 3.63) is 133 Å². The van der Waals surface area contributed by atoms with E-state index < -0.39 is 0 Å². The second-order valence-corrected chi connectivity index (χ2v) is 14.1. The molecule has 0 aliphatic heterocycles. The van der Waals surface area contributed by atoms with E-state index in [1.165, 1.54) is 33.4 Å². The lowest BCUT2D eigenvalue weighted by molar-refractivity contribution is 0.661. The molecule has 45 heavy (non-hydrogen) atoms. The Kier molecular flexibility index (Phi) is 5.85. The lowest BCUT2D eigenvalue weighted by atomic mass is 9.81. The number of thiazole rings is 2. The van der Waals surface area contributed by atoms with Gasteiger partial charge in [-0.2, -0.15) is 0 Å².